The fourth-order valence-electron chi connectivity index (χ4n) is 2.40. The molecule has 0 aliphatic carbocycles. The maximum atomic E-state index is 12.3. The number of benzene rings is 2. The van der Waals surface area contributed by atoms with E-state index in [0.29, 0.717) is 22.2 Å². The quantitative estimate of drug-likeness (QED) is 0.829. The molecule has 2 aromatic rings. The molecule has 3 rings (SSSR count). The first-order chi connectivity index (χ1) is 12.4. The summed E-state index contributed by atoms with van der Waals surface area (Å²) in [7, 11) is 0. The van der Waals surface area contributed by atoms with E-state index in [-0.39, 0.29) is 6.61 Å². The van der Waals surface area contributed by atoms with Gasteiger partial charge in [-0.05, 0) is 43.7 Å². The fourth-order valence-corrected chi connectivity index (χ4v) is 2.57. The van der Waals surface area contributed by atoms with Gasteiger partial charge in [0.2, 0.25) is 6.10 Å². The number of aryl methyl sites for hydroxylation is 1. The Balaban J connectivity index is 1.59. The van der Waals surface area contributed by atoms with Gasteiger partial charge in [0.05, 0.1) is 0 Å². The number of esters is 1. The van der Waals surface area contributed by atoms with Crippen LogP contribution in [0.4, 0.5) is 5.69 Å². The van der Waals surface area contributed by atoms with Crippen molar-refractivity contribution in [2.45, 2.75) is 26.1 Å². The molecule has 1 heterocycles. The van der Waals surface area contributed by atoms with Gasteiger partial charge in [-0.15, -0.1) is 0 Å². The van der Waals surface area contributed by atoms with Crippen LogP contribution >= 0.6 is 11.6 Å². The number of fused-ring (bicyclic) bond motifs is 1. The van der Waals surface area contributed by atoms with E-state index in [1.807, 2.05) is 13.0 Å². The molecule has 0 bridgehead atoms. The third-order valence-corrected chi connectivity index (χ3v) is 4.13. The molecule has 6 nitrogen and oxygen atoms in total. The molecule has 0 fully saturated rings. The zero-order valence-corrected chi connectivity index (χ0v) is 15.1. The van der Waals surface area contributed by atoms with Gasteiger partial charge in [-0.25, -0.2) is 4.79 Å². The highest BCUT2D eigenvalue weighted by molar-refractivity contribution is 6.31. The third-order valence-electron chi connectivity index (χ3n) is 3.89. The van der Waals surface area contributed by atoms with Gasteiger partial charge >= 0.3 is 5.97 Å². The third kappa shape index (κ3) is 4.08. The van der Waals surface area contributed by atoms with Crippen molar-refractivity contribution in [1.29, 1.82) is 0 Å². The summed E-state index contributed by atoms with van der Waals surface area (Å²) in [6.45, 7) is 3.36. The Labute approximate surface area is 156 Å². The molecule has 1 N–H and O–H groups in total. The maximum absolute atomic E-state index is 12.3. The lowest BCUT2D eigenvalue weighted by atomic mass is 10.2. The van der Waals surface area contributed by atoms with Crippen LogP contribution in [0.5, 0.6) is 11.5 Å². The molecule has 26 heavy (non-hydrogen) atoms. The van der Waals surface area contributed by atoms with Crippen molar-refractivity contribution >= 4 is 29.2 Å². The lowest BCUT2D eigenvalue weighted by Crippen LogP contribution is -2.41. The van der Waals surface area contributed by atoms with E-state index < -0.39 is 24.1 Å². The molecule has 7 heteroatoms. The van der Waals surface area contributed by atoms with Gasteiger partial charge in [0.1, 0.15) is 6.61 Å². The Bertz CT molecular complexity index is 838. The van der Waals surface area contributed by atoms with Gasteiger partial charge in [-0.2, -0.15) is 0 Å². The van der Waals surface area contributed by atoms with E-state index in [2.05, 4.69) is 5.32 Å². The van der Waals surface area contributed by atoms with E-state index in [1.165, 1.54) is 6.92 Å². The Hall–Kier alpha value is -2.73. The molecule has 0 aromatic heterocycles. The molecule has 2 aromatic carbocycles. The lowest BCUT2D eigenvalue weighted by Gasteiger charge is -2.26. The number of halogens is 1. The number of amides is 1. The minimum Gasteiger partial charge on any atom is -0.485 e. The molecular formula is C19H18ClNO5. The minimum atomic E-state index is -0.998. The summed E-state index contributed by atoms with van der Waals surface area (Å²) >= 11 is 5.94. The van der Waals surface area contributed by atoms with Crippen LogP contribution in [-0.4, -0.2) is 30.7 Å². The number of ether oxygens (including phenoxy) is 3. The molecule has 136 valence electrons. The van der Waals surface area contributed by atoms with Crippen LogP contribution in [0.15, 0.2) is 42.5 Å². The van der Waals surface area contributed by atoms with Gasteiger partial charge in [-0.1, -0.05) is 29.8 Å². The van der Waals surface area contributed by atoms with Crippen LogP contribution in [0.25, 0.3) is 0 Å². The first-order valence-electron chi connectivity index (χ1n) is 8.10. The zero-order valence-electron chi connectivity index (χ0n) is 14.3. The SMILES string of the molecule is Cc1ccc(Cl)cc1NC(=O)[C@H](C)OC(=O)[C@@H]1COc2ccccc2O1. The molecule has 0 spiro atoms. The van der Waals surface area contributed by atoms with Crippen LogP contribution in [-0.2, 0) is 14.3 Å². The molecule has 0 radical (unpaired) electrons. The number of nitrogens with one attached hydrogen (secondary N) is 1. The highest BCUT2D eigenvalue weighted by Gasteiger charge is 2.31. The number of carbonyl (C=O) groups excluding carboxylic acids is 2. The van der Waals surface area contributed by atoms with Crippen LogP contribution in [0.3, 0.4) is 0 Å². The highest BCUT2D eigenvalue weighted by Crippen LogP contribution is 2.31. The Morgan fingerprint density at radius 3 is 2.73 bits per heavy atom. The Morgan fingerprint density at radius 1 is 1.23 bits per heavy atom. The number of rotatable bonds is 4. The van der Waals surface area contributed by atoms with Crippen LogP contribution in [0.2, 0.25) is 5.02 Å². The van der Waals surface area contributed by atoms with Crippen molar-refractivity contribution < 1.29 is 23.8 Å². The monoisotopic (exact) mass is 375 g/mol. The number of hydrogen-bond acceptors (Lipinski definition) is 5. The largest absolute Gasteiger partial charge is 0.485 e. The fraction of sp³-hybridized carbons (Fsp3) is 0.263. The second kappa shape index (κ2) is 7.66. The number of para-hydroxylation sites is 2. The van der Waals surface area contributed by atoms with E-state index in [4.69, 9.17) is 25.8 Å². The van der Waals surface area contributed by atoms with Crippen molar-refractivity contribution in [3.05, 3.63) is 53.1 Å². The minimum absolute atomic E-state index is 0.0254. The van der Waals surface area contributed by atoms with Gasteiger partial charge in [0, 0.05) is 10.7 Å². The van der Waals surface area contributed by atoms with Crippen LogP contribution in [0.1, 0.15) is 12.5 Å². The lowest BCUT2D eigenvalue weighted by molar-refractivity contribution is -0.162. The van der Waals surface area contributed by atoms with E-state index >= 15 is 0 Å². The van der Waals surface area contributed by atoms with Gasteiger partial charge in [-0.3, -0.25) is 4.79 Å². The van der Waals surface area contributed by atoms with Crippen molar-refractivity contribution in [3.8, 4) is 11.5 Å². The topological polar surface area (TPSA) is 73.9 Å². The Kier molecular flexibility index (Phi) is 5.32. The number of hydrogen-bond donors (Lipinski definition) is 1. The molecular weight excluding hydrogens is 358 g/mol. The summed E-state index contributed by atoms with van der Waals surface area (Å²) in [4.78, 5) is 24.6. The maximum Gasteiger partial charge on any atom is 0.351 e. The molecule has 0 unspecified atom stereocenters. The first kappa shape index (κ1) is 18.1. The summed E-state index contributed by atoms with van der Waals surface area (Å²) < 4.78 is 16.3. The second-order valence-corrected chi connectivity index (χ2v) is 6.33. The summed E-state index contributed by atoms with van der Waals surface area (Å²) in [5.41, 5.74) is 1.42. The van der Waals surface area contributed by atoms with Crippen LogP contribution < -0.4 is 14.8 Å². The number of carbonyl (C=O) groups is 2. The molecule has 0 saturated carbocycles. The predicted molar refractivity (Wildman–Crippen MR) is 96.7 cm³/mol. The Morgan fingerprint density at radius 2 is 1.96 bits per heavy atom. The molecule has 1 aliphatic heterocycles. The molecule has 1 aliphatic rings. The van der Waals surface area contributed by atoms with E-state index in [0.717, 1.165) is 5.56 Å². The van der Waals surface area contributed by atoms with Crippen molar-refractivity contribution in [2.75, 3.05) is 11.9 Å². The van der Waals surface area contributed by atoms with Crippen molar-refractivity contribution in [3.63, 3.8) is 0 Å². The standard InChI is InChI=1S/C19H18ClNO5/c1-11-7-8-13(20)9-14(11)21-18(22)12(2)25-19(23)17-10-24-15-5-3-4-6-16(15)26-17/h3-9,12,17H,10H2,1-2H3,(H,21,22)/t12-,17-/m0/s1. The summed E-state index contributed by atoms with van der Waals surface area (Å²) in [5.74, 6) is -0.0862. The first-order valence-corrected chi connectivity index (χ1v) is 8.48. The van der Waals surface area contributed by atoms with E-state index in [9.17, 15) is 9.59 Å². The van der Waals surface area contributed by atoms with Crippen molar-refractivity contribution in [1.82, 2.24) is 0 Å². The normalized spacial score (nSPS) is 16.5. The zero-order chi connectivity index (χ0) is 18.7. The molecule has 2 atom stereocenters. The van der Waals surface area contributed by atoms with Crippen LogP contribution in [0, 0.1) is 6.92 Å². The molecule has 1 amide bonds. The smallest absolute Gasteiger partial charge is 0.351 e. The van der Waals surface area contributed by atoms with Gasteiger partial charge < -0.3 is 19.5 Å². The molecule has 0 saturated heterocycles. The average Bonchev–Trinajstić information content (AvgIpc) is 2.64. The summed E-state index contributed by atoms with van der Waals surface area (Å²) in [6.07, 6.45) is -1.92. The highest BCUT2D eigenvalue weighted by atomic mass is 35.5. The van der Waals surface area contributed by atoms with Crippen molar-refractivity contribution in [2.24, 2.45) is 0 Å². The summed E-state index contributed by atoms with van der Waals surface area (Å²) in [5, 5.41) is 3.20. The van der Waals surface area contributed by atoms with Gasteiger partial charge in [0.25, 0.3) is 5.91 Å². The summed E-state index contributed by atoms with van der Waals surface area (Å²) in [6, 6.07) is 12.2. The second-order valence-electron chi connectivity index (χ2n) is 5.89. The van der Waals surface area contributed by atoms with E-state index in [1.54, 1.807) is 36.4 Å². The predicted octanol–water partition coefficient (Wildman–Crippen LogP) is 3.36. The average molecular weight is 376 g/mol. The van der Waals surface area contributed by atoms with Gasteiger partial charge in [0.15, 0.2) is 17.6 Å². The number of anilines is 1.